The second-order valence-electron chi connectivity index (χ2n) is 6.34. The molecule has 0 radical (unpaired) electrons. The first kappa shape index (κ1) is 19.8. The minimum atomic E-state index is -0.446. The van der Waals surface area contributed by atoms with Crippen LogP contribution in [0.1, 0.15) is 44.0 Å². The average Bonchev–Trinajstić information content (AvgIpc) is 3.27. The monoisotopic (exact) mass is 397 g/mol. The molecule has 0 spiro atoms. The van der Waals surface area contributed by atoms with E-state index in [2.05, 4.69) is 15.3 Å². The summed E-state index contributed by atoms with van der Waals surface area (Å²) in [7, 11) is 0. The van der Waals surface area contributed by atoms with E-state index in [0.717, 1.165) is 16.3 Å². The van der Waals surface area contributed by atoms with Gasteiger partial charge in [-0.05, 0) is 26.3 Å². The number of aryl methyl sites for hydroxylation is 1. The van der Waals surface area contributed by atoms with Crippen LogP contribution in [-0.4, -0.2) is 35.0 Å². The van der Waals surface area contributed by atoms with E-state index in [9.17, 15) is 9.59 Å². The van der Waals surface area contributed by atoms with E-state index in [-0.39, 0.29) is 12.5 Å². The van der Waals surface area contributed by atoms with Crippen LogP contribution in [-0.2, 0) is 11.2 Å². The highest BCUT2D eigenvalue weighted by Gasteiger charge is 2.22. The molecule has 2 heterocycles. The maximum Gasteiger partial charge on any atom is 0.355 e. The van der Waals surface area contributed by atoms with Gasteiger partial charge in [-0.15, -0.1) is 11.3 Å². The van der Waals surface area contributed by atoms with Crippen molar-refractivity contribution >= 4 is 23.2 Å². The first-order chi connectivity index (χ1) is 13.5. The third kappa shape index (κ3) is 4.31. The van der Waals surface area contributed by atoms with Gasteiger partial charge in [0.1, 0.15) is 5.69 Å². The van der Waals surface area contributed by atoms with E-state index in [1.54, 1.807) is 32.1 Å². The Morgan fingerprint density at radius 2 is 1.96 bits per heavy atom. The molecule has 2 N–H and O–H groups in total. The molecular formula is C21H23N3O3S. The second-order valence-corrected chi connectivity index (χ2v) is 7.29. The fourth-order valence-corrected chi connectivity index (χ4v) is 3.84. The number of hydrogen-bond acceptors (Lipinski definition) is 5. The molecule has 7 heteroatoms. The molecule has 0 saturated heterocycles. The van der Waals surface area contributed by atoms with Crippen LogP contribution in [0.2, 0.25) is 0 Å². The van der Waals surface area contributed by atoms with Crippen LogP contribution in [0.4, 0.5) is 0 Å². The third-order valence-electron chi connectivity index (χ3n) is 4.39. The Balaban J connectivity index is 1.61. The van der Waals surface area contributed by atoms with E-state index in [0.29, 0.717) is 35.5 Å². The maximum absolute atomic E-state index is 12.6. The van der Waals surface area contributed by atoms with Gasteiger partial charge in [-0.25, -0.2) is 9.78 Å². The molecule has 0 aliphatic carbocycles. The number of carbonyl (C=O) groups is 2. The largest absolute Gasteiger partial charge is 0.461 e. The SMILES string of the molecule is CCOC(=O)c1[nH]c(C)c(C(=O)NCCc2nc(-c3ccccc3)cs2)c1C. The smallest absolute Gasteiger partial charge is 0.355 e. The molecule has 0 atom stereocenters. The number of aromatic amines is 1. The first-order valence-electron chi connectivity index (χ1n) is 9.15. The number of aromatic nitrogens is 2. The van der Waals surface area contributed by atoms with Gasteiger partial charge < -0.3 is 15.0 Å². The Labute approximate surface area is 168 Å². The van der Waals surface area contributed by atoms with Crippen molar-refractivity contribution < 1.29 is 14.3 Å². The van der Waals surface area contributed by atoms with Gasteiger partial charge in [0.15, 0.2) is 0 Å². The van der Waals surface area contributed by atoms with E-state index in [4.69, 9.17) is 4.74 Å². The van der Waals surface area contributed by atoms with E-state index >= 15 is 0 Å². The topological polar surface area (TPSA) is 84.1 Å². The number of nitrogens with zero attached hydrogens (tertiary/aromatic N) is 1. The van der Waals surface area contributed by atoms with Crippen LogP contribution in [0, 0.1) is 13.8 Å². The molecule has 0 bridgehead atoms. The normalized spacial score (nSPS) is 10.7. The van der Waals surface area contributed by atoms with Crippen LogP contribution in [0.5, 0.6) is 0 Å². The summed E-state index contributed by atoms with van der Waals surface area (Å²) in [4.78, 5) is 32.2. The molecule has 28 heavy (non-hydrogen) atoms. The number of nitrogens with one attached hydrogen (secondary N) is 2. The van der Waals surface area contributed by atoms with Crippen LogP contribution in [0.3, 0.4) is 0 Å². The minimum absolute atomic E-state index is 0.207. The van der Waals surface area contributed by atoms with Gasteiger partial charge in [-0.1, -0.05) is 30.3 Å². The Morgan fingerprint density at radius 3 is 2.68 bits per heavy atom. The lowest BCUT2D eigenvalue weighted by atomic mass is 10.1. The van der Waals surface area contributed by atoms with Crippen molar-refractivity contribution in [1.29, 1.82) is 0 Å². The van der Waals surface area contributed by atoms with E-state index in [1.165, 1.54) is 0 Å². The number of hydrogen-bond donors (Lipinski definition) is 2. The predicted molar refractivity (Wildman–Crippen MR) is 110 cm³/mol. The highest BCUT2D eigenvalue weighted by atomic mass is 32.1. The quantitative estimate of drug-likeness (QED) is 0.592. The number of esters is 1. The van der Waals surface area contributed by atoms with Crippen LogP contribution in [0.25, 0.3) is 11.3 Å². The Kier molecular flexibility index (Phi) is 6.26. The van der Waals surface area contributed by atoms with Gasteiger partial charge in [-0.2, -0.15) is 0 Å². The fraction of sp³-hybridized carbons (Fsp3) is 0.286. The summed E-state index contributed by atoms with van der Waals surface area (Å²) in [6, 6.07) is 10.0. The van der Waals surface area contributed by atoms with Crippen LogP contribution >= 0.6 is 11.3 Å². The van der Waals surface area contributed by atoms with E-state index < -0.39 is 5.97 Å². The number of amides is 1. The second kappa shape index (κ2) is 8.84. The summed E-state index contributed by atoms with van der Waals surface area (Å²) in [5, 5.41) is 5.91. The number of rotatable bonds is 7. The van der Waals surface area contributed by atoms with Gasteiger partial charge in [0.05, 0.1) is 22.9 Å². The van der Waals surface area contributed by atoms with E-state index in [1.807, 2.05) is 35.7 Å². The van der Waals surface area contributed by atoms with Crippen LogP contribution in [0.15, 0.2) is 35.7 Å². The summed E-state index contributed by atoms with van der Waals surface area (Å²) in [5.41, 5.74) is 4.11. The van der Waals surface area contributed by atoms with Crippen molar-refractivity contribution in [2.24, 2.45) is 0 Å². The highest BCUT2D eigenvalue weighted by Crippen LogP contribution is 2.22. The summed E-state index contributed by atoms with van der Waals surface area (Å²) >= 11 is 1.58. The molecule has 1 amide bonds. The fourth-order valence-electron chi connectivity index (χ4n) is 3.04. The van der Waals surface area contributed by atoms with Crippen molar-refractivity contribution in [2.75, 3.05) is 13.2 Å². The van der Waals surface area contributed by atoms with Crippen molar-refractivity contribution in [3.63, 3.8) is 0 Å². The Bertz CT molecular complexity index is 976. The van der Waals surface area contributed by atoms with Gasteiger partial charge >= 0.3 is 5.97 Å². The number of benzene rings is 1. The minimum Gasteiger partial charge on any atom is -0.461 e. The molecule has 0 fully saturated rings. The lowest BCUT2D eigenvalue weighted by Crippen LogP contribution is -2.26. The molecule has 1 aromatic carbocycles. The number of thiazole rings is 1. The zero-order valence-corrected chi connectivity index (χ0v) is 17.0. The standard InChI is InChI=1S/C21H23N3O3S/c1-4-27-21(26)19-13(2)18(14(3)23-19)20(25)22-11-10-17-24-16(12-28-17)15-8-6-5-7-9-15/h5-9,12,23H,4,10-11H2,1-3H3,(H,22,25). The lowest BCUT2D eigenvalue weighted by Gasteiger charge is -2.05. The molecule has 0 unspecified atom stereocenters. The molecule has 3 rings (SSSR count). The van der Waals surface area contributed by atoms with Crippen molar-refractivity contribution in [2.45, 2.75) is 27.2 Å². The van der Waals surface area contributed by atoms with Gasteiger partial charge in [0.25, 0.3) is 5.91 Å². The third-order valence-corrected chi connectivity index (χ3v) is 5.30. The molecule has 2 aromatic heterocycles. The van der Waals surface area contributed by atoms with Gasteiger partial charge in [0.2, 0.25) is 0 Å². The summed E-state index contributed by atoms with van der Waals surface area (Å²) in [6.07, 6.45) is 0.649. The Morgan fingerprint density at radius 1 is 1.21 bits per heavy atom. The zero-order chi connectivity index (χ0) is 20.1. The molecule has 0 saturated carbocycles. The molecule has 0 aliphatic heterocycles. The maximum atomic E-state index is 12.6. The molecular weight excluding hydrogens is 374 g/mol. The summed E-state index contributed by atoms with van der Waals surface area (Å²) in [6.45, 7) is 6.03. The zero-order valence-electron chi connectivity index (χ0n) is 16.2. The predicted octanol–water partition coefficient (Wildman–Crippen LogP) is 3.90. The number of H-pyrrole nitrogens is 1. The number of ether oxygens (including phenoxy) is 1. The molecule has 6 nitrogen and oxygen atoms in total. The molecule has 146 valence electrons. The highest BCUT2D eigenvalue weighted by molar-refractivity contribution is 7.09. The van der Waals surface area contributed by atoms with Gasteiger partial charge in [-0.3, -0.25) is 4.79 Å². The average molecular weight is 398 g/mol. The molecule has 3 aromatic rings. The van der Waals surface area contributed by atoms with Gasteiger partial charge in [0, 0.05) is 29.6 Å². The van der Waals surface area contributed by atoms with Crippen LogP contribution < -0.4 is 5.32 Å². The van der Waals surface area contributed by atoms with Crippen molar-refractivity contribution in [3.8, 4) is 11.3 Å². The van der Waals surface area contributed by atoms with Crippen molar-refractivity contribution in [3.05, 3.63) is 63.2 Å². The Hall–Kier alpha value is -2.93. The van der Waals surface area contributed by atoms with Crippen molar-refractivity contribution in [1.82, 2.24) is 15.3 Å². The number of carbonyl (C=O) groups excluding carboxylic acids is 2. The lowest BCUT2D eigenvalue weighted by molar-refractivity contribution is 0.0519. The molecule has 0 aliphatic rings. The summed E-state index contributed by atoms with van der Waals surface area (Å²) < 4.78 is 5.03. The first-order valence-corrected chi connectivity index (χ1v) is 10.0. The summed E-state index contributed by atoms with van der Waals surface area (Å²) in [5.74, 6) is -0.653.